The minimum atomic E-state index is -4.63. The van der Waals surface area contributed by atoms with E-state index >= 15 is 0 Å². The monoisotopic (exact) mass is 370 g/mol. The Morgan fingerprint density at radius 2 is 1.68 bits per heavy atom. The second-order valence-electron chi connectivity index (χ2n) is 5.18. The van der Waals surface area contributed by atoms with Crippen molar-refractivity contribution in [2.45, 2.75) is 19.1 Å². The van der Waals surface area contributed by atoms with Gasteiger partial charge in [0.25, 0.3) is 0 Å². The average molecular weight is 371 g/mol. The minimum Gasteiger partial charge on any atom is -0.352 e. The van der Waals surface area contributed by atoms with Crippen LogP contribution in [0.3, 0.4) is 0 Å². The molecule has 0 aromatic heterocycles. The third kappa shape index (κ3) is 5.79. The highest BCUT2D eigenvalue weighted by molar-refractivity contribution is 6.31. The fourth-order valence-electron chi connectivity index (χ4n) is 2.03. The average Bonchev–Trinajstić information content (AvgIpc) is 2.54. The number of alkyl halides is 3. The van der Waals surface area contributed by atoms with E-state index in [9.17, 15) is 22.8 Å². The van der Waals surface area contributed by atoms with Crippen LogP contribution in [-0.4, -0.2) is 11.8 Å². The summed E-state index contributed by atoms with van der Waals surface area (Å²) >= 11 is 5.50. The molecule has 0 radical (unpaired) electrons. The van der Waals surface area contributed by atoms with E-state index in [1.54, 1.807) is 0 Å². The standard InChI is InChI=1S/C17H14ClF3N2O2/c18-14-7-6-12(8-13(14)17(19,20)21)23-16(25)9-15(24)22-10-11-4-2-1-3-5-11/h1-8H,9-10H2,(H,22,24)(H,23,25). The Morgan fingerprint density at radius 3 is 2.32 bits per heavy atom. The van der Waals surface area contributed by atoms with E-state index in [1.807, 2.05) is 30.3 Å². The van der Waals surface area contributed by atoms with E-state index < -0.39 is 35.0 Å². The van der Waals surface area contributed by atoms with Crippen molar-refractivity contribution in [3.8, 4) is 0 Å². The maximum absolute atomic E-state index is 12.8. The molecule has 0 bridgehead atoms. The zero-order valence-electron chi connectivity index (χ0n) is 12.9. The molecule has 8 heteroatoms. The molecule has 0 spiro atoms. The van der Waals surface area contributed by atoms with E-state index in [0.717, 1.165) is 17.7 Å². The molecule has 0 fully saturated rings. The Labute approximate surface area is 147 Å². The second-order valence-corrected chi connectivity index (χ2v) is 5.59. The SMILES string of the molecule is O=C(CC(=O)Nc1ccc(Cl)c(C(F)(F)F)c1)NCc1ccccc1. The summed E-state index contributed by atoms with van der Waals surface area (Å²) in [7, 11) is 0. The molecule has 25 heavy (non-hydrogen) atoms. The van der Waals surface area contributed by atoms with Crippen LogP contribution in [0.1, 0.15) is 17.5 Å². The predicted octanol–water partition coefficient (Wildman–Crippen LogP) is 4.00. The van der Waals surface area contributed by atoms with Gasteiger partial charge >= 0.3 is 6.18 Å². The second kappa shape index (κ2) is 8.02. The van der Waals surface area contributed by atoms with Crippen LogP contribution in [0.15, 0.2) is 48.5 Å². The van der Waals surface area contributed by atoms with Crippen molar-refractivity contribution >= 4 is 29.1 Å². The van der Waals surface area contributed by atoms with Gasteiger partial charge in [0.15, 0.2) is 0 Å². The lowest BCUT2D eigenvalue weighted by atomic mass is 10.2. The summed E-state index contributed by atoms with van der Waals surface area (Å²) in [5.41, 5.74) is -0.276. The van der Waals surface area contributed by atoms with E-state index in [1.165, 1.54) is 6.07 Å². The van der Waals surface area contributed by atoms with Crippen LogP contribution in [0.2, 0.25) is 5.02 Å². The van der Waals surface area contributed by atoms with Crippen molar-refractivity contribution in [2.24, 2.45) is 0 Å². The Morgan fingerprint density at radius 1 is 1.00 bits per heavy atom. The van der Waals surface area contributed by atoms with Gasteiger partial charge in [-0.25, -0.2) is 0 Å². The molecular formula is C17H14ClF3N2O2. The number of rotatable bonds is 5. The van der Waals surface area contributed by atoms with Crippen LogP contribution in [0.5, 0.6) is 0 Å². The molecular weight excluding hydrogens is 357 g/mol. The first-order valence-electron chi connectivity index (χ1n) is 7.23. The number of carbonyl (C=O) groups is 2. The lowest BCUT2D eigenvalue weighted by molar-refractivity contribution is -0.137. The number of halogens is 4. The van der Waals surface area contributed by atoms with Crippen molar-refractivity contribution in [1.82, 2.24) is 5.32 Å². The molecule has 0 aliphatic rings. The number of hydrogen-bond acceptors (Lipinski definition) is 2. The number of amides is 2. The highest BCUT2D eigenvalue weighted by Crippen LogP contribution is 2.36. The highest BCUT2D eigenvalue weighted by atomic mass is 35.5. The van der Waals surface area contributed by atoms with E-state index in [0.29, 0.717) is 0 Å². The van der Waals surface area contributed by atoms with Gasteiger partial charge in [-0.1, -0.05) is 41.9 Å². The maximum Gasteiger partial charge on any atom is 0.417 e. The molecule has 0 unspecified atom stereocenters. The van der Waals surface area contributed by atoms with Gasteiger partial charge in [0.2, 0.25) is 11.8 Å². The van der Waals surface area contributed by atoms with Crippen molar-refractivity contribution in [3.63, 3.8) is 0 Å². The summed E-state index contributed by atoms with van der Waals surface area (Å²) < 4.78 is 38.3. The molecule has 0 saturated heterocycles. The van der Waals surface area contributed by atoms with Crippen molar-refractivity contribution in [1.29, 1.82) is 0 Å². The van der Waals surface area contributed by atoms with Gasteiger partial charge in [-0.05, 0) is 23.8 Å². The number of nitrogens with one attached hydrogen (secondary N) is 2. The van der Waals surface area contributed by atoms with Gasteiger partial charge in [0.1, 0.15) is 6.42 Å². The first kappa shape index (κ1) is 18.8. The molecule has 0 heterocycles. The summed E-state index contributed by atoms with van der Waals surface area (Å²) in [5, 5.41) is 4.35. The number of benzene rings is 2. The minimum absolute atomic E-state index is 0.0856. The van der Waals surface area contributed by atoms with E-state index in [2.05, 4.69) is 10.6 Å². The molecule has 132 valence electrons. The molecule has 0 saturated carbocycles. The third-order valence-electron chi connectivity index (χ3n) is 3.21. The molecule has 0 atom stereocenters. The van der Waals surface area contributed by atoms with Gasteiger partial charge in [0, 0.05) is 12.2 Å². The fourth-order valence-corrected chi connectivity index (χ4v) is 2.25. The molecule has 0 aliphatic carbocycles. The Kier molecular flexibility index (Phi) is 6.03. The van der Waals surface area contributed by atoms with Crippen molar-refractivity contribution in [2.75, 3.05) is 5.32 Å². The predicted molar refractivity (Wildman–Crippen MR) is 88.0 cm³/mol. The number of hydrogen-bond donors (Lipinski definition) is 2. The van der Waals surface area contributed by atoms with Gasteiger partial charge in [-0.15, -0.1) is 0 Å². The topological polar surface area (TPSA) is 58.2 Å². The smallest absolute Gasteiger partial charge is 0.352 e. The summed E-state index contributed by atoms with van der Waals surface area (Å²) in [6, 6.07) is 12.1. The molecule has 2 N–H and O–H groups in total. The summed E-state index contributed by atoms with van der Waals surface area (Å²) in [6.45, 7) is 0.256. The summed E-state index contributed by atoms with van der Waals surface area (Å²) in [5.74, 6) is -1.26. The van der Waals surface area contributed by atoms with Crippen molar-refractivity contribution < 1.29 is 22.8 Å². The van der Waals surface area contributed by atoms with Crippen LogP contribution < -0.4 is 10.6 Å². The van der Waals surface area contributed by atoms with Gasteiger partial charge < -0.3 is 10.6 Å². The van der Waals surface area contributed by atoms with E-state index in [4.69, 9.17) is 11.6 Å². The van der Waals surface area contributed by atoms with Gasteiger partial charge in [-0.3, -0.25) is 9.59 Å². The van der Waals surface area contributed by atoms with E-state index in [-0.39, 0.29) is 12.2 Å². The lowest BCUT2D eigenvalue weighted by Gasteiger charge is -2.12. The van der Waals surface area contributed by atoms with Crippen LogP contribution in [0.25, 0.3) is 0 Å². The summed E-state index contributed by atoms with van der Waals surface area (Å²) in [6.07, 6.45) is -5.14. The first-order chi connectivity index (χ1) is 11.8. The van der Waals surface area contributed by atoms with Gasteiger partial charge in [0.05, 0.1) is 10.6 Å². The zero-order chi connectivity index (χ0) is 18.4. The highest BCUT2D eigenvalue weighted by Gasteiger charge is 2.33. The molecule has 2 aromatic carbocycles. The number of anilines is 1. The molecule has 2 amide bonds. The van der Waals surface area contributed by atoms with Crippen LogP contribution in [0, 0.1) is 0 Å². The molecule has 2 rings (SSSR count). The third-order valence-corrected chi connectivity index (χ3v) is 3.54. The fraction of sp³-hybridized carbons (Fsp3) is 0.176. The van der Waals surface area contributed by atoms with Crippen LogP contribution in [0.4, 0.5) is 18.9 Å². The Hall–Kier alpha value is -2.54. The molecule has 4 nitrogen and oxygen atoms in total. The van der Waals surface area contributed by atoms with Crippen LogP contribution >= 0.6 is 11.6 Å². The van der Waals surface area contributed by atoms with Gasteiger partial charge in [-0.2, -0.15) is 13.2 Å². The Balaban J connectivity index is 1.90. The zero-order valence-corrected chi connectivity index (χ0v) is 13.6. The maximum atomic E-state index is 12.8. The Bertz CT molecular complexity index is 764. The normalized spacial score (nSPS) is 11.0. The lowest BCUT2D eigenvalue weighted by Crippen LogP contribution is -2.27. The largest absolute Gasteiger partial charge is 0.417 e. The molecule has 0 aliphatic heterocycles. The van der Waals surface area contributed by atoms with Crippen LogP contribution in [-0.2, 0) is 22.3 Å². The quantitative estimate of drug-likeness (QED) is 0.781. The number of carbonyl (C=O) groups excluding carboxylic acids is 2. The summed E-state index contributed by atoms with van der Waals surface area (Å²) in [4.78, 5) is 23.5. The molecule has 2 aromatic rings. The van der Waals surface area contributed by atoms with Crippen molar-refractivity contribution in [3.05, 3.63) is 64.7 Å². The first-order valence-corrected chi connectivity index (χ1v) is 7.61.